The van der Waals surface area contributed by atoms with Crippen molar-refractivity contribution in [2.75, 3.05) is 12.3 Å². The molecule has 0 saturated carbocycles. The van der Waals surface area contributed by atoms with Crippen LogP contribution in [0.25, 0.3) is 16.8 Å². The van der Waals surface area contributed by atoms with Gasteiger partial charge in [0.15, 0.2) is 17.2 Å². The molecule has 1 unspecified atom stereocenters. The molecular formula is C22H19F3N4O2. The minimum absolute atomic E-state index is 0.0910. The Hall–Kier alpha value is -3.59. The number of ether oxygens (including phenoxy) is 1. The van der Waals surface area contributed by atoms with Crippen LogP contribution in [0.1, 0.15) is 18.1 Å². The number of halogens is 3. The van der Waals surface area contributed by atoms with Crippen LogP contribution in [0, 0.1) is 5.82 Å². The lowest BCUT2D eigenvalue weighted by Gasteiger charge is -2.23. The molecule has 0 bridgehead atoms. The Balaban J connectivity index is 1.48. The fourth-order valence-corrected chi connectivity index (χ4v) is 3.22. The lowest BCUT2D eigenvalue weighted by atomic mass is 10.0. The Morgan fingerprint density at radius 3 is 2.65 bits per heavy atom. The van der Waals surface area contributed by atoms with Crippen LogP contribution in [-0.4, -0.2) is 32.2 Å². The SMILES string of the molecule is Nc1nc2cc(-c3cccc(OCCC(F)(F)C(O)c4ccccc4)c3F)ccn2n1. The maximum Gasteiger partial charge on any atom is 0.280 e. The molecule has 0 spiro atoms. The van der Waals surface area contributed by atoms with E-state index in [-0.39, 0.29) is 22.8 Å². The van der Waals surface area contributed by atoms with Gasteiger partial charge in [-0.1, -0.05) is 42.5 Å². The lowest BCUT2D eigenvalue weighted by Crippen LogP contribution is -2.28. The van der Waals surface area contributed by atoms with Crippen molar-refractivity contribution in [1.82, 2.24) is 14.6 Å². The Morgan fingerprint density at radius 2 is 1.87 bits per heavy atom. The summed E-state index contributed by atoms with van der Waals surface area (Å²) in [4.78, 5) is 4.04. The maximum atomic E-state index is 15.0. The van der Waals surface area contributed by atoms with Gasteiger partial charge in [-0.15, -0.1) is 5.10 Å². The van der Waals surface area contributed by atoms with Gasteiger partial charge in [0.05, 0.1) is 6.61 Å². The van der Waals surface area contributed by atoms with Gasteiger partial charge in [0.2, 0.25) is 5.95 Å². The quantitative estimate of drug-likeness (QED) is 0.460. The van der Waals surface area contributed by atoms with E-state index >= 15 is 0 Å². The molecule has 6 nitrogen and oxygen atoms in total. The molecule has 9 heteroatoms. The van der Waals surface area contributed by atoms with Crippen LogP contribution in [0.2, 0.25) is 0 Å². The van der Waals surface area contributed by atoms with E-state index in [2.05, 4.69) is 10.1 Å². The maximum absolute atomic E-state index is 15.0. The van der Waals surface area contributed by atoms with Crippen molar-refractivity contribution in [3.05, 3.63) is 78.2 Å². The highest BCUT2D eigenvalue weighted by atomic mass is 19.3. The molecule has 160 valence electrons. The van der Waals surface area contributed by atoms with Crippen molar-refractivity contribution < 1.29 is 23.0 Å². The van der Waals surface area contributed by atoms with Crippen molar-refractivity contribution in [2.45, 2.75) is 18.4 Å². The first kappa shape index (κ1) is 20.7. The molecule has 0 amide bonds. The number of fused-ring (bicyclic) bond motifs is 1. The third kappa shape index (κ3) is 4.31. The van der Waals surface area contributed by atoms with E-state index in [1.54, 1.807) is 48.7 Å². The highest BCUT2D eigenvalue weighted by Crippen LogP contribution is 2.35. The molecule has 0 saturated heterocycles. The fourth-order valence-electron chi connectivity index (χ4n) is 3.22. The zero-order chi connectivity index (χ0) is 22.0. The van der Waals surface area contributed by atoms with Crippen molar-refractivity contribution in [3.63, 3.8) is 0 Å². The Bertz CT molecular complexity index is 1200. The van der Waals surface area contributed by atoms with Gasteiger partial charge in [-0.25, -0.2) is 17.7 Å². The first-order valence-electron chi connectivity index (χ1n) is 9.49. The summed E-state index contributed by atoms with van der Waals surface area (Å²) in [5.74, 6) is -4.20. The Labute approximate surface area is 175 Å². The molecule has 0 fully saturated rings. The van der Waals surface area contributed by atoms with Gasteiger partial charge in [0.25, 0.3) is 5.92 Å². The highest BCUT2D eigenvalue weighted by molar-refractivity contribution is 5.69. The molecule has 4 aromatic rings. The summed E-state index contributed by atoms with van der Waals surface area (Å²) in [6.45, 7) is -0.475. The first-order valence-corrected chi connectivity index (χ1v) is 9.49. The van der Waals surface area contributed by atoms with Gasteiger partial charge < -0.3 is 15.6 Å². The van der Waals surface area contributed by atoms with Gasteiger partial charge in [-0.05, 0) is 29.3 Å². The van der Waals surface area contributed by atoms with E-state index in [4.69, 9.17) is 10.5 Å². The van der Waals surface area contributed by atoms with Crippen LogP contribution in [-0.2, 0) is 0 Å². The molecule has 1 atom stereocenters. The van der Waals surface area contributed by atoms with Crippen molar-refractivity contribution >= 4 is 11.6 Å². The van der Waals surface area contributed by atoms with Gasteiger partial charge in [-0.3, -0.25) is 0 Å². The minimum Gasteiger partial charge on any atom is -0.490 e. The van der Waals surface area contributed by atoms with Gasteiger partial charge in [0, 0.05) is 18.2 Å². The van der Waals surface area contributed by atoms with Crippen molar-refractivity contribution in [2.24, 2.45) is 0 Å². The number of benzene rings is 2. The summed E-state index contributed by atoms with van der Waals surface area (Å²) in [6.07, 6.45) is -1.17. The minimum atomic E-state index is -3.44. The number of hydrogen-bond donors (Lipinski definition) is 2. The molecule has 3 N–H and O–H groups in total. The number of aromatic nitrogens is 3. The number of aliphatic hydroxyl groups excluding tert-OH is 1. The molecule has 2 heterocycles. The zero-order valence-corrected chi connectivity index (χ0v) is 16.3. The summed E-state index contributed by atoms with van der Waals surface area (Å²) < 4.78 is 50.4. The second-order valence-corrected chi connectivity index (χ2v) is 6.98. The summed E-state index contributed by atoms with van der Waals surface area (Å²) >= 11 is 0. The largest absolute Gasteiger partial charge is 0.490 e. The fraction of sp³-hybridized carbons (Fsp3) is 0.182. The van der Waals surface area contributed by atoms with Crippen LogP contribution < -0.4 is 10.5 Å². The van der Waals surface area contributed by atoms with Crippen LogP contribution in [0.15, 0.2) is 66.9 Å². The van der Waals surface area contributed by atoms with E-state index < -0.39 is 30.9 Å². The van der Waals surface area contributed by atoms with Gasteiger partial charge in [-0.2, -0.15) is 4.98 Å². The van der Waals surface area contributed by atoms with Crippen LogP contribution >= 0.6 is 0 Å². The summed E-state index contributed by atoms with van der Waals surface area (Å²) in [5, 5.41) is 13.9. The number of rotatable bonds is 7. The van der Waals surface area contributed by atoms with Crippen molar-refractivity contribution in [3.8, 4) is 16.9 Å². The summed E-state index contributed by atoms with van der Waals surface area (Å²) in [6, 6.07) is 15.3. The molecule has 2 aromatic heterocycles. The topological polar surface area (TPSA) is 85.7 Å². The predicted molar refractivity (Wildman–Crippen MR) is 109 cm³/mol. The average molecular weight is 428 g/mol. The monoisotopic (exact) mass is 428 g/mol. The second-order valence-electron chi connectivity index (χ2n) is 6.98. The van der Waals surface area contributed by atoms with Crippen LogP contribution in [0.5, 0.6) is 5.75 Å². The van der Waals surface area contributed by atoms with E-state index in [0.717, 1.165) is 0 Å². The third-order valence-electron chi connectivity index (χ3n) is 4.84. The summed E-state index contributed by atoms with van der Waals surface area (Å²) in [7, 11) is 0. The molecule has 0 aliphatic carbocycles. The van der Waals surface area contributed by atoms with Gasteiger partial charge >= 0.3 is 0 Å². The second kappa shape index (κ2) is 8.27. The Morgan fingerprint density at radius 1 is 1.10 bits per heavy atom. The number of pyridine rings is 1. The first-order chi connectivity index (χ1) is 14.8. The van der Waals surface area contributed by atoms with Crippen molar-refractivity contribution in [1.29, 1.82) is 0 Å². The molecular weight excluding hydrogens is 409 g/mol. The number of hydrogen-bond acceptors (Lipinski definition) is 5. The van der Waals surface area contributed by atoms with Crippen LogP contribution in [0.4, 0.5) is 19.1 Å². The van der Waals surface area contributed by atoms with E-state index in [1.807, 2.05) is 0 Å². The van der Waals surface area contributed by atoms with Crippen LogP contribution in [0.3, 0.4) is 0 Å². The number of aliphatic hydroxyl groups is 1. The molecule has 2 aromatic carbocycles. The molecule has 0 aliphatic rings. The standard InChI is InChI=1S/C22H19F3N4O2/c23-19-16(15-9-11-29-18(13-15)27-21(26)28-29)7-4-8-17(19)31-12-10-22(24,25)20(30)14-5-2-1-3-6-14/h1-9,11,13,20,30H,10,12H2,(H2,26,28). The number of nitrogens with zero attached hydrogens (tertiary/aromatic N) is 3. The molecule has 0 radical (unpaired) electrons. The number of nitrogens with two attached hydrogens (primary N) is 1. The van der Waals surface area contributed by atoms with E-state index in [9.17, 15) is 18.3 Å². The molecule has 0 aliphatic heterocycles. The smallest absolute Gasteiger partial charge is 0.280 e. The van der Waals surface area contributed by atoms with Gasteiger partial charge in [0.1, 0.15) is 6.10 Å². The zero-order valence-electron chi connectivity index (χ0n) is 16.3. The number of anilines is 1. The lowest BCUT2D eigenvalue weighted by molar-refractivity contribution is -0.120. The number of nitrogen functional groups attached to an aromatic ring is 1. The highest BCUT2D eigenvalue weighted by Gasteiger charge is 2.39. The molecule has 31 heavy (non-hydrogen) atoms. The van der Waals surface area contributed by atoms with E-state index in [0.29, 0.717) is 11.2 Å². The predicted octanol–water partition coefficient (Wildman–Crippen LogP) is 4.26. The third-order valence-corrected chi connectivity index (χ3v) is 4.84. The summed E-state index contributed by atoms with van der Waals surface area (Å²) in [5.41, 5.74) is 6.83. The Kier molecular flexibility index (Phi) is 5.51. The normalized spacial score (nSPS) is 12.8. The average Bonchev–Trinajstić information content (AvgIpc) is 3.14. The molecule has 4 rings (SSSR count). The number of alkyl halides is 2. The van der Waals surface area contributed by atoms with E-state index in [1.165, 1.54) is 22.7 Å².